The predicted molar refractivity (Wildman–Crippen MR) is 31.1 cm³/mol. The zero-order valence-corrected chi connectivity index (χ0v) is 5.26. The van der Waals surface area contributed by atoms with E-state index in [1.807, 2.05) is 6.07 Å². The van der Waals surface area contributed by atoms with Gasteiger partial charge in [-0.1, -0.05) is 0 Å². The minimum atomic E-state index is -0.179. The molecule has 0 aliphatic carbocycles. The Kier molecular flexibility index (Phi) is 4.51. The average molecular weight is 126 g/mol. The van der Waals surface area contributed by atoms with Crippen LogP contribution in [-0.4, -0.2) is 12.6 Å². The Morgan fingerprint density at radius 2 is 2.44 bits per heavy atom. The highest BCUT2D eigenvalue weighted by atomic mass is 16.5. The number of nitriles is 1. The molecule has 0 saturated heterocycles. The van der Waals surface area contributed by atoms with Crippen molar-refractivity contribution in [1.29, 1.82) is 5.26 Å². The Morgan fingerprint density at radius 3 is 2.89 bits per heavy atom. The summed E-state index contributed by atoms with van der Waals surface area (Å²) < 4.78 is 4.39. The summed E-state index contributed by atoms with van der Waals surface area (Å²) >= 11 is 0. The van der Waals surface area contributed by atoms with Crippen molar-refractivity contribution in [2.75, 3.05) is 0 Å². The molecule has 0 aliphatic rings. The highest BCUT2D eigenvalue weighted by Crippen LogP contribution is 1.97. The second kappa shape index (κ2) is 5.10. The molecule has 0 fully saturated rings. The summed E-state index contributed by atoms with van der Waals surface area (Å²) in [4.78, 5) is 9.55. The molecule has 0 amide bonds. The average Bonchev–Trinajstić information content (AvgIpc) is 1.85. The zero-order valence-electron chi connectivity index (χ0n) is 5.26. The first-order chi connectivity index (χ1) is 4.31. The van der Waals surface area contributed by atoms with Crippen LogP contribution in [0.25, 0.3) is 0 Å². The van der Waals surface area contributed by atoms with Crippen molar-refractivity contribution < 1.29 is 9.53 Å². The van der Waals surface area contributed by atoms with Crippen LogP contribution >= 0.6 is 0 Å². The van der Waals surface area contributed by atoms with Crippen molar-refractivity contribution in [2.45, 2.75) is 25.9 Å². The molecule has 9 heavy (non-hydrogen) atoms. The summed E-state index contributed by atoms with van der Waals surface area (Å²) in [7, 11) is 0. The van der Waals surface area contributed by atoms with E-state index in [9.17, 15) is 4.79 Å². The Balaban J connectivity index is 3.17. The summed E-state index contributed by atoms with van der Waals surface area (Å²) in [5.41, 5.74) is 0. The molecule has 3 nitrogen and oxygen atoms in total. The summed E-state index contributed by atoms with van der Waals surface area (Å²) in [6, 6.07) is 1.95. The minimum Gasteiger partial charge on any atom is -0.454 e. The van der Waals surface area contributed by atoms with Gasteiger partial charge in [-0.2, -0.15) is 5.26 Å². The number of ether oxygens (including phenoxy) is 1. The second-order valence-electron chi connectivity index (χ2n) is 1.71. The monoisotopic (exact) mass is 126 g/mol. The number of rotatable bonds is 4. The molecular formula is C6H8NO2. The maximum Gasteiger partial charge on any atom is 0.417 e. The van der Waals surface area contributed by atoms with Gasteiger partial charge in [-0.05, 0) is 13.3 Å². The van der Waals surface area contributed by atoms with Crippen LogP contribution in [0, 0.1) is 11.3 Å². The molecule has 49 valence electrons. The highest BCUT2D eigenvalue weighted by Gasteiger charge is 1.99. The van der Waals surface area contributed by atoms with Crippen molar-refractivity contribution in [3.8, 4) is 6.07 Å². The third-order valence-corrected chi connectivity index (χ3v) is 0.912. The molecular weight excluding hydrogens is 118 g/mol. The van der Waals surface area contributed by atoms with Gasteiger partial charge in [0.1, 0.15) is 6.10 Å². The van der Waals surface area contributed by atoms with E-state index in [-0.39, 0.29) is 6.10 Å². The number of hydrogen-bond acceptors (Lipinski definition) is 3. The smallest absolute Gasteiger partial charge is 0.417 e. The van der Waals surface area contributed by atoms with Crippen LogP contribution < -0.4 is 0 Å². The van der Waals surface area contributed by atoms with Crippen molar-refractivity contribution in [1.82, 2.24) is 0 Å². The maximum atomic E-state index is 9.55. The third-order valence-electron chi connectivity index (χ3n) is 0.912. The van der Waals surface area contributed by atoms with E-state index in [1.54, 1.807) is 6.92 Å². The van der Waals surface area contributed by atoms with Crippen molar-refractivity contribution >= 4 is 6.47 Å². The van der Waals surface area contributed by atoms with Gasteiger partial charge in [0.05, 0.1) is 6.07 Å². The van der Waals surface area contributed by atoms with E-state index in [4.69, 9.17) is 5.26 Å². The molecule has 0 bridgehead atoms. The number of hydrogen-bond donors (Lipinski definition) is 0. The van der Waals surface area contributed by atoms with Crippen LogP contribution in [0.3, 0.4) is 0 Å². The molecule has 0 rings (SSSR count). The molecule has 0 aromatic carbocycles. The lowest BCUT2D eigenvalue weighted by atomic mass is 10.2. The molecule has 0 aliphatic heterocycles. The van der Waals surface area contributed by atoms with Crippen LogP contribution in [0.5, 0.6) is 0 Å². The maximum absolute atomic E-state index is 9.55. The second-order valence-corrected chi connectivity index (χ2v) is 1.71. The Morgan fingerprint density at radius 1 is 1.78 bits per heavy atom. The van der Waals surface area contributed by atoms with Gasteiger partial charge in [0, 0.05) is 6.42 Å². The predicted octanol–water partition coefficient (Wildman–Crippen LogP) is 0.762. The Bertz CT molecular complexity index is 117. The highest BCUT2D eigenvalue weighted by molar-refractivity contribution is 5.38. The van der Waals surface area contributed by atoms with Crippen LogP contribution in [0.2, 0.25) is 0 Å². The summed E-state index contributed by atoms with van der Waals surface area (Å²) in [5.74, 6) is 0. The van der Waals surface area contributed by atoms with Gasteiger partial charge in [0.15, 0.2) is 0 Å². The fourth-order valence-corrected chi connectivity index (χ4v) is 0.409. The van der Waals surface area contributed by atoms with E-state index >= 15 is 0 Å². The fourth-order valence-electron chi connectivity index (χ4n) is 0.409. The van der Waals surface area contributed by atoms with Crippen molar-refractivity contribution in [2.24, 2.45) is 0 Å². The first-order valence-electron chi connectivity index (χ1n) is 2.71. The van der Waals surface area contributed by atoms with Gasteiger partial charge in [0.2, 0.25) is 0 Å². The first-order valence-corrected chi connectivity index (χ1v) is 2.71. The number of carbonyl (C=O) groups excluding carboxylic acids is 1. The molecule has 0 aromatic heterocycles. The lowest BCUT2D eigenvalue weighted by Gasteiger charge is -2.03. The molecule has 1 radical (unpaired) electrons. The molecule has 0 spiro atoms. The van der Waals surface area contributed by atoms with E-state index in [2.05, 4.69) is 4.74 Å². The third kappa shape index (κ3) is 4.82. The van der Waals surface area contributed by atoms with Gasteiger partial charge < -0.3 is 4.74 Å². The molecule has 3 heteroatoms. The molecule has 0 saturated carbocycles. The van der Waals surface area contributed by atoms with Gasteiger partial charge in [-0.3, -0.25) is 0 Å². The topological polar surface area (TPSA) is 50.1 Å². The summed E-state index contributed by atoms with van der Waals surface area (Å²) in [6.45, 7) is 3.04. The first kappa shape index (κ1) is 7.96. The molecule has 1 unspecified atom stereocenters. The normalized spacial score (nSPS) is 11.6. The van der Waals surface area contributed by atoms with Crippen LogP contribution in [0.1, 0.15) is 19.8 Å². The molecule has 0 N–H and O–H groups in total. The van der Waals surface area contributed by atoms with Crippen molar-refractivity contribution in [3.63, 3.8) is 0 Å². The quantitative estimate of drug-likeness (QED) is 0.558. The molecule has 0 aromatic rings. The standard InChI is InChI=1S/C6H8NO2/c1-6(9-5-8)3-2-4-7/h6H,2-3H2,1H3. The van der Waals surface area contributed by atoms with E-state index in [0.717, 1.165) is 0 Å². The van der Waals surface area contributed by atoms with Crippen molar-refractivity contribution in [3.05, 3.63) is 0 Å². The zero-order chi connectivity index (χ0) is 7.11. The van der Waals surface area contributed by atoms with Crippen LogP contribution in [0.15, 0.2) is 0 Å². The lowest BCUT2D eigenvalue weighted by molar-refractivity contribution is 0.186. The molecule has 0 heterocycles. The van der Waals surface area contributed by atoms with E-state index in [1.165, 1.54) is 6.47 Å². The lowest BCUT2D eigenvalue weighted by Crippen LogP contribution is -2.05. The Labute approximate surface area is 54.2 Å². The summed E-state index contributed by atoms with van der Waals surface area (Å²) in [6.07, 6.45) is 0.830. The van der Waals surface area contributed by atoms with Crippen LogP contribution in [0.4, 0.5) is 0 Å². The van der Waals surface area contributed by atoms with Gasteiger partial charge >= 0.3 is 6.47 Å². The fraction of sp³-hybridized carbons (Fsp3) is 0.667. The Hall–Kier alpha value is -1.04. The summed E-state index contributed by atoms with van der Waals surface area (Å²) in [5, 5.41) is 8.08. The molecule has 1 atom stereocenters. The van der Waals surface area contributed by atoms with Gasteiger partial charge in [-0.25, -0.2) is 4.79 Å². The van der Waals surface area contributed by atoms with Gasteiger partial charge in [0.25, 0.3) is 0 Å². The largest absolute Gasteiger partial charge is 0.454 e. The minimum absolute atomic E-state index is 0.179. The van der Waals surface area contributed by atoms with Crippen LogP contribution in [-0.2, 0) is 9.53 Å². The van der Waals surface area contributed by atoms with E-state index < -0.39 is 0 Å². The van der Waals surface area contributed by atoms with Gasteiger partial charge in [-0.15, -0.1) is 0 Å². The number of nitrogens with zero attached hydrogens (tertiary/aromatic N) is 1. The SMILES string of the molecule is CC(CCC#N)O[C]=O. The van der Waals surface area contributed by atoms with E-state index in [0.29, 0.717) is 12.8 Å².